The highest BCUT2D eigenvalue weighted by molar-refractivity contribution is 9.10. The normalized spacial score (nSPS) is 24.8. The number of allylic oxidation sites excluding steroid dienone is 1. The molecule has 2 aliphatic heterocycles. The van der Waals surface area contributed by atoms with Gasteiger partial charge in [-0.2, -0.15) is 0 Å². The lowest BCUT2D eigenvalue weighted by molar-refractivity contribution is -0.122. The molecule has 39 heavy (non-hydrogen) atoms. The standard InChI is InChI=1S/C29H31BBrNO7/c1-2-16(10-17-11-20(31)7-8-24(17)34)6-9-25-26-18(14-33)12-22-27(23(26)15-39-25)29(36)32(28(22)35)21-5-3-4-19(13-21)30(37)38/h3-5,7-8,10-11,13,22-23,25,27,33-34,37-38H,2,6,9,12,14-15H2,1H3/b16-10+/t22-,23+,25-,27-/m1/s1. The number of phenolic OH excluding ortho intramolecular Hbond substituents is 1. The Hall–Kier alpha value is -2.76. The number of phenols is 1. The number of rotatable bonds is 8. The fraction of sp³-hybridized carbons (Fsp3) is 0.379. The second-order valence-electron chi connectivity index (χ2n) is 10.4. The van der Waals surface area contributed by atoms with Crippen LogP contribution in [0, 0.1) is 17.8 Å². The topological polar surface area (TPSA) is 128 Å². The highest BCUT2D eigenvalue weighted by Crippen LogP contribution is 2.50. The molecule has 4 N–H and O–H groups in total. The van der Waals surface area contributed by atoms with Gasteiger partial charge < -0.3 is 25.0 Å². The molecule has 2 aromatic rings. The molecule has 0 unspecified atom stereocenters. The molecular formula is C29H31BBrNO7. The van der Waals surface area contributed by atoms with E-state index >= 15 is 0 Å². The van der Waals surface area contributed by atoms with Gasteiger partial charge in [0.1, 0.15) is 5.75 Å². The number of amides is 2. The van der Waals surface area contributed by atoms with Gasteiger partial charge in [-0.15, -0.1) is 0 Å². The van der Waals surface area contributed by atoms with Crippen molar-refractivity contribution in [1.29, 1.82) is 0 Å². The molecule has 2 saturated heterocycles. The number of aliphatic hydroxyl groups excluding tert-OH is 1. The first-order chi connectivity index (χ1) is 18.7. The lowest BCUT2D eigenvalue weighted by Gasteiger charge is -2.31. The van der Waals surface area contributed by atoms with E-state index in [2.05, 4.69) is 22.9 Å². The SMILES string of the molecule is CC/C(=C\c1cc(Br)ccc1O)CC[C@H]1OC[C@H]2C1=C(CO)C[C@H]1C(=O)N(c3cccc(B(O)O)c3)C(=O)[C@H]12. The lowest BCUT2D eigenvalue weighted by Crippen LogP contribution is -2.35. The summed E-state index contributed by atoms with van der Waals surface area (Å²) in [6.07, 6.45) is 4.17. The van der Waals surface area contributed by atoms with E-state index in [0.29, 0.717) is 31.6 Å². The minimum Gasteiger partial charge on any atom is -0.507 e. The zero-order valence-corrected chi connectivity index (χ0v) is 23.2. The third kappa shape index (κ3) is 5.24. The van der Waals surface area contributed by atoms with Crippen molar-refractivity contribution < 1.29 is 34.6 Å². The number of fused-ring (bicyclic) bond motifs is 3. The number of anilines is 1. The van der Waals surface area contributed by atoms with Crippen molar-refractivity contribution in [2.24, 2.45) is 17.8 Å². The van der Waals surface area contributed by atoms with Crippen LogP contribution in [0.5, 0.6) is 5.75 Å². The van der Waals surface area contributed by atoms with Crippen LogP contribution in [0.25, 0.3) is 6.08 Å². The van der Waals surface area contributed by atoms with Gasteiger partial charge in [-0.3, -0.25) is 14.5 Å². The Kier molecular flexibility index (Phi) is 8.12. The van der Waals surface area contributed by atoms with E-state index in [1.807, 2.05) is 12.1 Å². The van der Waals surface area contributed by atoms with Crippen molar-refractivity contribution in [3.63, 3.8) is 0 Å². The largest absolute Gasteiger partial charge is 0.507 e. The molecule has 8 nitrogen and oxygen atoms in total. The highest BCUT2D eigenvalue weighted by Gasteiger charge is 2.57. The van der Waals surface area contributed by atoms with Gasteiger partial charge in [0, 0.05) is 16.0 Å². The maximum atomic E-state index is 13.7. The van der Waals surface area contributed by atoms with Crippen LogP contribution in [-0.2, 0) is 14.3 Å². The quantitative estimate of drug-likeness (QED) is 0.210. The predicted octanol–water partition coefficient (Wildman–Crippen LogP) is 2.92. The van der Waals surface area contributed by atoms with Gasteiger partial charge in [0.2, 0.25) is 11.8 Å². The van der Waals surface area contributed by atoms with E-state index in [-0.39, 0.29) is 41.7 Å². The Labute approximate surface area is 235 Å². The van der Waals surface area contributed by atoms with Crippen molar-refractivity contribution in [3.05, 3.63) is 69.2 Å². The summed E-state index contributed by atoms with van der Waals surface area (Å²) in [4.78, 5) is 28.2. The summed E-state index contributed by atoms with van der Waals surface area (Å²) < 4.78 is 7.08. The van der Waals surface area contributed by atoms with Gasteiger partial charge in [0.05, 0.1) is 36.8 Å². The Morgan fingerprint density at radius 1 is 1.15 bits per heavy atom. The average molecular weight is 596 g/mol. The predicted molar refractivity (Wildman–Crippen MR) is 151 cm³/mol. The molecule has 0 saturated carbocycles. The number of ether oxygens (including phenoxy) is 1. The molecule has 2 amide bonds. The minimum absolute atomic E-state index is 0.193. The summed E-state index contributed by atoms with van der Waals surface area (Å²) in [6.45, 7) is 2.15. The second kappa shape index (κ2) is 11.4. The molecule has 0 radical (unpaired) electrons. The number of hydrogen-bond acceptors (Lipinski definition) is 7. The Morgan fingerprint density at radius 3 is 2.67 bits per heavy atom. The van der Waals surface area contributed by atoms with Gasteiger partial charge >= 0.3 is 7.12 Å². The molecule has 3 aliphatic rings. The van der Waals surface area contributed by atoms with Crippen molar-refractivity contribution in [2.45, 2.75) is 38.7 Å². The first kappa shape index (κ1) is 27.8. The zero-order chi connectivity index (χ0) is 27.8. The van der Waals surface area contributed by atoms with E-state index in [1.165, 1.54) is 12.1 Å². The lowest BCUT2D eigenvalue weighted by atomic mass is 9.69. The van der Waals surface area contributed by atoms with Crippen LogP contribution in [0.1, 0.15) is 38.2 Å². The summed E-state index contributed by atoms with van der Waals surface area (Å²) in [6, 6.07) is 11.4. The van der Waals surface area contributed by atoms with Gasteiger partial charge in [-0.05, 0) is 72.6 Å². The summed E-state index contributed by atoms with van der Waals surface area (Å²) in [5, 5.41) is 39.6. The Morgan fingerprint density at radius 2 is 1.95 bits per heavy atom. The number of carbonyl (C=O) groups is 2. The van der Waals surface area contributed by atoms with Crippen molar-refractivity contribution in [3.8, 4) is 5.75 Å². The molecule has 0 bridgehead atoms. The van der Waals surface area contributed by atoms with Crippen molar-refractivity contribution in [1.82, 2.24) is 0 Å². The van der Waals surface area contributed by atoms with Crippen LogP contribution in [-0.4, -0.2) is 58.5 Å². The number of aliphatic hydroxyl groups is 1. The molecule has 2 fully saturated rings. The van der Waals surface area contributed by atoms with E-state index < -0.39 is 19.0 Å². The van der Waals surface area contributed by atoms with Crippen LogP contribution < -0.4 is 10.4 Å². The molecule has 0 spiro atoms. The maximum Gasteiger partial charge on any atom is 0.488 e. The van der Waals surface area contributed by atoms with Gasteiger partial charge in [-0.1, -0.05) is 46.6 Å². The summed E-state index contributed by atoms with van der Waals surface area (Å²) in [5.41, 5.74) is 4.06. The first-order valence-corrected chi connectivity index (χ1v) is 14.0. The van der Waals surface area contributed by atoms with E-state index in [1.54, 1.807) is 24.3 Å². The molecule has 10 heteroatoms. The summed E-state index contributed by atoms with van der Waals surface area (Å²) >= 11 is 3.45. The van der Waals surface area contributed by atoms with Crippen LogP contribution in [0.2, 0.25) is 0 Å². The number of halogens is 1. The van der Waals surface area contributed by atoms with Gasteiger partial charge in [-0.25, -0.2) is 0 Å². The molecule has 4 atom stereocenters. The minimum atomic E-state index is -1.72. The van der Waals surface area contributed by atoms with Crippen molar-refractivity contribution >= 4 is 52.1 Å². The summed E-state index contributed by atoms with van der Waals surface area (Å²) in [7, 11) is -1.72. The second-order valence-corrected chi connectivity index (χ2v) is 11.3. The third-order valence-corrected chi connectivity index (χ3v) is 8.65. The zero-order valence-electron chi connectivity index (χ0n) is 21.6. The molecule has 2 aromatic carbocycles. The number of hydrogen-bond donors (Lipinski definition) is 4. The third-order valence-electron chi connectivity index (χ3n) is 8.16. The van der Waals surface area contributed by atoms with Crippen LogP contribution in [0.4, 0.5) is 5.69 Å². The average Bonchev–Trinajstić information content (AvgIpc) is 3.46. The van der Waals surface area contributed by atoms with Crippen LogP contribution in [0.3, 0.4) is 0 Å². The van der Waals surface area contributed by atoms with Crippen LogP contribution in [0.15, 0.2) is 63.7 Å². The van der Waals surface area contributed by atoms with E-state index in [0.717, 1.165) is 38.1 Å². The number of nitrogens with zero attached hydrogens (tertiary/aromatic N) is 1. The number of carbonyl (C=O) groups excluding carboxylic acids is 2. The smallest absolute Gasteiger partial charge is 0.488 e. The maximum absolute atomic E-state index is 13.7. The van der Waals surface area contributed by atoms with Gasteiger partial charge in [0.25, 0.3) is 0 Å². The molecule has 0 aromatic heterocycles. The fourth-order valence-electron chi connectivity index (χ4n) is 6.23. The molecular weight excluding hydrogens is 565 g/mol. The van der Waals surface area contributed by atoms with Crippen molar-refractivity contribution in [2.75, 3.05) is 18.1 Å². The van der Waals surface area contributed by atoms with Gasteiger partial charge in [0.15, 0.2) is 0 Å². The fourth-order valence-corrected chi connectivity index (χ4v) is 6.61. The molecule has 5 rings (SSSR count). The molecule has 1 aliphatic carbocycles. The Balaban J connectivity index is 1.37. The molecule has 2 heterocycles. The number of benzene rings is 2. The molecule has 204 valence electrons. The highest BCUT2D eigenvalue weighted by atomic mass is 79.9. The first-order valence-electron chi connectivity index (χ1n) is 13.2. The van der Waals surface area contributed by atoms with E-state index in [4.69, 9.17) is 4.74 Å². The Bertz CT molecular complexity index is 1360. The monoisotopic (exact) mass is 595 g/mol. The number of aromatic hydroxyl groups is 1. The number of imide groups is 1. The van der Waals surface area contributed by atoms with Crippen LogP contribution >= 0.6 is 15.9 Å². The summed E-state index contributed by atoms with van der Waals surface area (Å²) in [5.74, 6) is -1.94. The van der Waals surface area contributed by atoms with E-state index in [9.17, 15) is 29.9 Å².